The zero-order valence-electron chi connectivity index (χ0n) is 23.3. The molecule has 1 N–H and O–H groups in total. The Balaban J connectivity index is 1.31. The van der Waals surface area contributed by atoms with E-state index in [1.54, 1.807) is 24.2 Å². The number of carbonyl (C=O) groups is 3. The zero-order chi connectivity index (χ0) is 28.9. The number of oxazole rings is 1. The second kappa shape index (κ2) is 10.3. The third-order valence-corrected chi connectivity index (χ3v) is 9.34. The number of thiophene rings is 1. The Hall–Kier alpha value is -4.25. The average Bonchev–Trinajstić information content (AvgIpc) is 3.75. The van der Waals surface area contributed by atoms with Gasteiger partial charge in [-0.3, -0.25) is 19.7 Å². The minimum Gasteiger partial charge on any atom is -0.443 e. The number of hydrogen-bond acceptors (Lipinski definition) is 7. The number of nitrogens with one attached hydrogen (secondary N) is 1. The lowest BCUT2D eigenvalue weighted by Crippen LogP contribution is -2.42. The fourth-order valence-corrected chi connectivity index (χ4v) is 6.92. The number of aromatic nitrogens is 3. The third kappa shape index (κ3) is 4.84. The molecule has 3 aromatic heterocycles. The van der Waals surface area contributed by atoms with Crippen molar-refractivity contribution in [2.45, 2.75) is 39.2 Å². The average molecular weight is 573 g/mol. The van der Waals surface area contributed by atoms with Crippen LogP contribution in [0, 0.1) is 11.3 Å². The molecule has 1 saturated carbocycles. The molecule has 11 heteroatoms. The van der Waals surface area contributed by atoms with Crippen LogP contribution in [0.1, 0.15) is 48.8 Å². The van der Waals surface area contributed by atoms with Crippen molar-refractivity contribution in [2.24, 2.45) is 11.3 Å². The molecule has 0 atom stereocenters. The maximum absolute atomic E-state index is 13.4. The summed E-state index contributed by atoms with van der Waals surface area (Å²) < 4.78 is 7.48. The second-order valence-corrected chi connectivity index (χ2v) is 12.4. The largest absolute Gasteiger partial charge is 0.443 e. The molecule has 2 fully saturated rings. The number of amides is 3. The molecule has 1 aliphatic carbocycles. The van der Waals surface area contributed by atoms with Crippen LogP contribution < -0.4 is 10.2 Å². The monoisotopic (exact) mass is 572 g/mol. The first kappa shape index (κ1) is 26.9. The first-order valence-corrected chi connectivity index (χ1v) is 14.5. The highest BCUT2D eigenvalue weighted by Gasteiger charge is 2.50. The number of fused-ring (bicyclic) bond motifs is 1. The maximum Gasteiger partial charge on any atom is 0.268 e. The van der Waals surface area contributed by atoms with Crippen LogP contribution in [0.3, 0.4) is 0 Å². The Kier molecular flexibility index (Phi) is 6.77. The van der Waals surface area contributed by atoms with Crippen molar-refractivity contribution < 1.29 is 18.8 Å². The van der Waals surface area contributed by atoms with E-state index in [0.29, 0.717) is 28.6 Å². The summed E-state index contributed by atoms with van der Waals surface area (Å²) in [5.41, 5.74) is 2.39. The third-order valence-electron chi connectivity index (χ3n) is 8.24. The van der Waals surface area contributed by atoms with Gasteiger partial charge in [-0.2, -0.15) is 0 Å². The normalized spacial score (nSPS) is 20.0. The van der Waals surface area contributed by atoms with E-state index in [-0.39, 0.29) is 35.1 Å². The van der Waals surface area contributed by atoms with Crippen LogP contribution in [0.5, 0.6) is 0 Å². The van der Waals surface area contributed by atoms with Gasteiger partial charge in [0.05, 0.1) is 27.0 Å². The number of benzene rings is 1. The van der Waals surface area contributed by atoms with Crippen molar-refractivity contribution in [2.75, 3.05) is 30.4 Å². The standard InChI is InChI=1S/C30H32N6O4S/c1-5-26(37)35-11-10-30(16-35)13-20(14-30)36-22-7-6-19(34(4)28(39)18(2)3)12-21(22)32-29(36)33-27(38)25-9-8-24(41-25)23-15-31-17-40-23/h5-9,12,15,17-18,20H,1,10-11,13-14,16H2,2-4H3,(H,32,33,38). The highest BCUT2D eigenvalue weighted by Crippen LogP contribution is 2.55. The second-order valence-electron chi connectivity index (χ2n) is 11.3. The molecule has 212 valence electrons. The molecule has 0 radical (unpaired) electrons. The van der Waals surface area contributed by atoms with E-state index >= 15 is 0 Å². The van der Waals surface area contributed by atoms with E-state index in [9.17, 15) is 14.4 Å². The molecule has 1 saturated heterocycles. The number of likely N-dealkylation sites (tertiary alicyclic amines) is 1. The number of rotatable bonds is 7. The van der Waals surface area contributed by atoms with E-state index in [0.717, 1.165) is 41.9 Å². The molecule has 41 heavy (non-hydrogen) atoms. The molecule has 0 bridgehead atoms. The summed E-state index contributed by atoms with van der Waals surface area (Å²) in [4.78, 5) is 51.9. The summed E-state index contributed by atoms with van der Waals surface area (Å²) in [6.07, 6.45) is 7.06. The van der Waals surface area contributed by atoms with Crippen LogP contribution in [0.15, 0.2) is 60.0 Å². The van der Waals surface area contributed by atoms with Crippen LogP contribution in [0.4, 0.5) is 11.6 Å². The van der Waals surface area contributed by atoms with Gasteiger partial charge in [-0.05, 0) is 61.1 Å². The Morgan fingerprint density at radius 3 is 2.76 bits per heavy atom. The van der Waals surface area contributed by atoms with Crippen molar-refractivity contribution in [1.82, 2.24) is 19.4 Å². The summed E-state index contributed by atoms with van der Waals surface area (Å²) in [7, 11) is 1.76. The van der Waals surface area contributed by atoms with Gasteiger partial charge in [0.1, 0.15) is 0 Å². The zero-order valence-corrected chi connectivity index (χ0v) is 24.1. The predicted octanol–water partition coefficient (Wildman–Crippen LogP) is 5.36. The van der Waals surface area contributed by atoms with Gasteiger partial charge in [0.15, 0.2) is 12.2 Å². The topological polar surface area (TPSA) is 114 Å². The molecule has 10 nitrogen and oxygen atoms in total. The Morgan fingerprint density at radius 2 is 2.05 bits per heavy atom. The van der Waals surface area contributed by atoms with Crippen molar-refractivity contribution in [3.8, 4) is 10.6 Å². The van der Waals surface area contributed by atoms with Gasteiger partial charge >= 0.3 is 0 Å². The van der Waals surface area contributed by atoms with Crippen molar-refractivity contribution in [3.05, 3.63) is 60.5 Å². The summed E-state index contributed by atoms with van der Waals surface area (Å²) in [6, 6.07) is 9.49. The minimum absolute atomic E-state index is 0.0124. The molecular formula is C30H32N6O4S. The van der Waals surface area contributed by atoms with Crippen LogP contribution in [-0.4, -0.2) is 57.3 Å². The van der Waals surface area contributed by atoms with E-state index in [1.165, 1.54) is 23.8 Å². The lowest BCUT2D eigenvalue weighted by molar-refractivity contribution is -0.126. The van der Waals surface area contributed by atoms with Gasteiger partial charge in [0, 0.05) is 37.8 Å². The Bertz CT molecular complexity index is 1650. The minimum atomic E-state index is -0.262. The van der Waals surface area contributed by atoms with Gasteiger partial charge in [-0.1, -0.05) is 20.4 Å². The molecule has 1 aromatic carbocycles. The number of nitrogens with zero attached hydrogens (tertiary/aromatic N) is 5. The number of imidazole rings is 1. The van der Waals surface area contributed by atoms with Crippen LogP contribution in [-0.2, 0) is 9.59 Å². The molecule has 3 amide bonds. The van der Waals surface area contributed by atoms with Crippen molar-refractivity contribution >= 4 is 51.7 Å². The van der Waals surface area contributed by atoms with E-state index < -0.39 is 0 Å². The summed E-state index contributed by atoms with van der Waals surface area (Å²) >= 11 is 1.32. The van der Waals surface area contributed by atoms with Crippen LogP contribution in [0.2, 0.25) is 0 Å². The molecule has 6 rings (SSSR count). The molecule has 4 aromatic rings. The Labute approximate surface area is 241 Å². The van der Waals surface area contributed by atoms with E-state index in [1.807, 2.05) is 43.0 Å². The fraction of sp³-hybridized carbons (Fsp3) is 0.367. The number of hydrogen-bond donors (Lipinski definition) is 1. The summed E-state index contributed by atoms with van der Waals surface area (Å²) in [6.45, 7) is 8.83. The molecular weight excluding hydrogens is 540 g/mol. The van der Waals surface area contributed by atoms with Gasteiger partial charge in [0.2, 0.25) is 17.8 Å². The first-order valence-electron chi connectivity index (χ1n) is 13.7. The van der Waals surface area contributed by atoms with Crippen LogP contribution in [0.25, 0.3) is 21.7 Å². The van der Waals surface area contributed by atoms with Crippen molar-refractivity contribution in [3.63, 3.8) is 0 Å². The SMILES string of the molecule is C=CC(=O)N1CCC2(CC(n3c(NC(=O)c4ccc(-c5cnco5)s4)nc4cc(N(C)C(=O)C(C)C)ccc43)C2)C1. The predicted molar refractivity (Wildman–Crippen MR) is 158 cm³/mol. The van der Waals surface area contributed by atoms with Gasteiger partial charge < -0.3 is 18.8 Å². The molecule has 4 heterocycles. The number of carbonyl (C=O) groups excluding carboxylic acids is 3. The van der Waals surface area contributed by atoms with Gasteiger partial charge in [-0.25, -0.2) is 9.97 Å². The van der Waals surface area contributed by atoms with Gasteiger partial charge in [-0.15, -0.1) is 11.3 Å². The lowest BCUT2D eigenvalue weighted by atomic mass is 9.65. The van der Waals surface area contributed by atoms with Crippen molar-refractivity contribution in [1.29, 1.82) is 0 Å². The fourth-order valence-electron chi connectivity index (χ4n) is 6.07. The Morgan fingerprint density at radius 1 is 1.24 bits per heavy atom. The molecule has 1 spiro atoms. The van der Waals surface area contributed by atoms with Gasteiger partial charge in [0.25, 0.3) is 5.91 Å². The molecule has 1 aliphatic heterocycles. The quantitative estimate of drug-likeness (QED) is 0.298. The van der Waals surface area contributed by atoms with E-state index in [4.69, 9.17) is 9.40 Å². The molecule has 2 aliphatic rings. The highest BCUT2D eigenvalue weighted by molar-refractivity contribution is 7.17. The molecule has 0 unspecified atom stereocenters. The van der Waals surface area contributed by atoms with Crippen LogP contribution >= 0.6 is 11.3 Å². The highest BCUT2D eigenvalue weighted by atomic mass is 32.1. The van der Waals surface area contributed by atoms with E-state index in [2.05, 4.69) is 21.4 Å². The maximum atomic E-state index is 13.4. The summed E-state index contributed by atoms with van der Waals surface area (Å²) in [5, 5.41) is 3.05. The smallest absolute Gasteiger partial charge is 0.268 e. The summed E-state index contributed by atoms with van der Waals surface area (Å²) in [5.74, 6) is 0.654. The lowest BCUT2D eigenvalue weighted by Gasteiger charge is -2.46. The number of anilines is 2. The first-order chi connectivity index (χ1) is 19.7.